The second-order valence-electron chi connectivity index (χ2n) is 4.54. The number of carbonyl (C=O) groups excluding carboxylic acids is 1. The molecule has 0 aliphatic heterocycles. The molecule has 19 heavy (non-hydrogen) atoms. The van der Waals surface area contributed by atoms with Gasteiger partial charge >= 0.3 is 0 Å². The third-order valence-corrected chi connectivity index (χ3v) is 4.89. The Balaban J connectivity index is 2.13. The molecule has 0 spiro atoms. The summed E-state index contributed by atoms with van der Waals surface area (Å²) in [7, 11) is 0. The van der Waals surface area contributed by atoms with E-state index in [1.54, 1.807) is 16.7 Å². The van der Waals surface area contributed by atoms with E-state index in [1.807, 2.05) is 31.4 Å². The Hall–Kier alpha value is -1.24. The minimum Gasteiger partial charge on any atom is -0.394 e. The molecule has 1 amide bonds. The van der Waals surface area contributed by atoms with Crippen molar-refractivity contribution >= 4 is 28.6 Å². The van der Waals surface area contributed by atoms with E-state index in [9.17, 15) is 9.90 Å². The minimum absolute atomic E-state index is 0.0862. The number of amides is 1. The highest BCUT2D eigenvalue weighted by molar-refractivity contribution is 7.20. The summed E-state index contributed by atoms with van der Waals surface area (Å²) in [5.74, 6) is -0.238. The Morgan fingerprint density at radius 1 is 1.53 bits per heavy atom. The van der Waals surface area contributed by atoms with Crippen LogP contribution < -0.4 is 5.32 Å². The van der Waals surface area contributed by atoms with Crippen molar-refractivity contribution < 1.29 is 9.90 Å². The van der Waals surface area contributed by atoms with Gasteiger partial charge in [-0.3, -0.25) is 4.79 Å². The topological polar surface area (TPSA) is 62.2 Å². The van der Waals surface area contributed by atoms with Crippen LogP contribution in [-0.2, 0) is 0 Å². The third kappa shape index (κ3) is 3.20. The SMILES string of the molecule is CCC(C)(CO)NC(=O)c1csc(-c2cccs2)n1. The Bertz CT molecular complexity index is 545. The van der Waals surface area contributed by atoms with Gasteiger partial charge in [0.1, 0.15) is 10.7 Å². The molecule has 102 valence electrons. The summed E-state index contributed by atoms with van der Waals surface area (Å²) >= 11 is 3.05. The standard InChI is InChI=1S/C13H16N2O2S2/c1-3-13(2,8-16)15-11(17)9-7-19-12(14-9)10-5-4-6-18-10/h4-7,16H,3,8H2,1-2H3,(H,15,17). The highest BCUT2D eigenvalue weighted by atomic mass is 32.1. The third-order valence-electron chi connectivity index (χ3n) is 3.01. The Labute approximate surface area is 120 Å². The number of rotatable bonds is 5. The molecule has 2 rings (SSSR count). The summed E-state index contributed by atoms with van der Waals surface area (Å²) in [4.78, 5) is 17.5. The predicted molar refractivity (Wildman–Crippen MR) is 78.7 cm³/mol. The van der Waals surface area contributed by atoms with Crippen LogP contribution in [0, 0.1) is 0 Å². The van der Waals surface area contributed by atoms with E-state index in [4.69, 9.17) is 0 Å². The zero-order valence-corrected chi connectivity index (χ0v) is 12.5. The zero-order valence-electron chi connectivity index (χ0n) is 10.8. The molecule has 0 fully saturated rings. The fourth-order valence-electron chi connectivity index (χ4n) is 1.47. The summed E-state index contributed by atoms with van der Waals surface area (Å²) in [5, 5.41) is 16.7. The maximum Gasteiger partial charge on any atom is 0.271 e. The largest absolute Gasteiger partial charge is 0.394 e. The number of thiophene rings is 1. The Kier molecular flexibility index (Phi) is 4.34. The first-order chi connectivity index (χ1) is 9.08. The fraction of sp³-hybridized carbons (Fsp3) is 0.385. The van der Waals surface area contributed by atoms with E-state index in [1.165, 1.54) is 11.3 Å². The van der Waals surface area contributed by atoms with Gasteiger partial charge in [-0.1, -0.05) is 13.0 Å². The van der Waals surface area contributed by atoms with Crippen molar-refractivity contribution in [3.63, 3.8) is 0 Å². The first-order valence-electron chi connectivity index (χ1n) is 6.01. The lowest BCUT2D eigenvalue weighted by atomic mass is 10.0. The van der Waals surface area contributed by atoms with Crippen LogP contribution in [0.2, 0.25) is 0 Å². The minimum atomic E-state index is -0.593. The number of hydrogen-bond acceptors (Lipinski definition) is 5. The number of aliphatic hydroxyl groups is 1. The molecule has 4 nitrogen and oxygen atoms in total. The molecule has 0 aliphatic carbocycles. The van der Waals surface area contributed by atoms with Crippen LogP contribution in [-0.4, -0.2) is 28.1 Å². The van der Waals surface area contributed by atoms with Gasteiger partial charge in [0, 0.05) is 5.38 Å². The molecule has 1 unspecified atom stereocenters. The maximum absolute atomic E-state index is 12.1. The number of aromatic nitrogens is 1. The quantitative estimate of drug-likeness (QED) is 0.892. The molecule has 0 saturated carbocycles. The molecule has 2 aromatic heterocycles. The monoisotopic (exact) mass is 296 g/mol. The predicted octanol–water partition coefficient (Wildman–Crippen LogP) is 2.76. The maximum atomic E-state index is 12.1. The number of carbonyl (C=O) groups is 1. The summed E-state index contributed by atoms with van der Waals surface area (Å²) in [6, 6.07) is 3.94. The van der Waals surface area contributed by atoms with Crippen LogP contribution >= 0.6 is 22.7 Å². The average Bonchev–Trinajstić information content (AvgIpc) is 3.08. The summed E-state index contributed by atoms with van der Waals surface area (Å²) < 4.78 is 0. The van der Waals surface area contributed by atoms with Crippen molar-refractivity contribution in [1.82, 2.24) is 10.3 Å². The first kappa shape index (κ1) is 14.2. The van der Waals surface area contributed by atoms with Crippen LogP contribution in [0.5, 0.6) is 0 Å². The number of hydrogen-bond donors (Lipinski definition) is 2. The summed E-state index contributed by atoms with van der Waals surface area (Å²) in [6.45, 7) is 3.66. The highest BCUT2D eigenvalue weighted by Gasteiger charge is 2.25. The van der Waals surface area contributed by atoms with Gasteiger partial charge in [0.2, 0.25) is 0 Å². The molecule has 2 N–H and O–H groups in total. The smallest absolute Gasteiger partial charge is 0.271 e. The van der Waals surface area contributed by atoms with Gasteiger partial charge in [-0.05, 0) is 24.8 Å². The fourth-order valence-corrected chi connectivity index (χ4v) is 3.08. The van der Waals surface area contributed by atoms with Crippen LogP contribution in [0.25, 0.3) is 9.88 Å². The van der Waals surface area contributed by atoms with Crippen molar-refractivity contribution in [3.05, 3.63) is 28.6 Å². The van der Waals surface area contributed by atoms with Crippen LogP contribution in [0.15, 0.2) is 22.9 Å². The zero-order chi connectivity index (χ0) is 13.9. The molecule has 6 heteroatoms. The molecule has 0 bridgehead atoms. The van der Waals surface area contributed by atoms with Crippen LogP contribution in [0.4, 0.5) is 0 Å². The van der Waals surface area contributed by atoms with Gasteiger partial charge in [-0.25, -0.2) is 4.98 Å². The second kappa shape index (κ2) is 5.81. The molecule has 2 heterocycles. The Morgan fingerprint density at radius 3 is 2.89 bits per heavy atom. The van der Waals surface area contributed by atoms with Crippen molar-refractivity contribution in [2.45, 2.75) is 25.8 Å². The number of thiazole rings is 1. The van der Waals surface area contributed by atoms with Crippen LogP contribution in [0.3, 0.4) is 0 Å². The lowest BCUT2D eigenvalue weighted by Gasteiger charge is -2.26. The van der Waals surface area contributed by atoms with E-state index in [2.05, 4.69) is 10.3 Å². The normalized spacial score (nSPS) is 14.1. The van der Waals surface area contributed by atoms with Crippen molar-refractivity contribution in [2.24, 2.45) is 0 Å². The number of nitrogens with one attached hydrogen (secondary N) is 1. The summed E-state index contributed by atoms with van der Waals surface area (Å²) in [5.41, 5.74) is -0.189. The molecular formula is C13H16N2O2S2. The lowest BCUT2D eigenvalue weighted by Crippen LogP contribution is -2.48. The molecule has 0 aromatic carbocycles. The molecule has 2 aromatic rings. The van der Waals surface area contributed by atoms with E-state index < -0.39 is 5.54 Å². The van der Waals surface area contributed by atoms with E-state index in [-0.39, 0.29) is 12.5 Å². The van der Waals surface area contributed by atoms with E-state index in [0.29, 0.717) is 12.1 Å². The van der Waals surface area contributed by atoms with E-state index >= 15 is 0 Å². The first-order valence-corrected chi connectivity index (χ1v) is 7.76. The molecular weight excluding hydrogens is 280 g/mol. The average molecular weight is 296 g/mol. The van der Waals surface area contributed by atoms with Gasteiger partial charge in [0.05, 0.1) is 17.0 Å². The van der Waals surface area contributed by atoms with Gasteiger partial charge in [0.15, 0.2) is 0 Å². The number of aliphatic hydroxyl groups excluding tert-OH is 1. The van der Waals surface area contributed by atoms with Gasteiger partial charge in [0.25, 0.3) is 5.91 Å². The summed E-state index contributed by atoms with van der Waals surface area (Å²) in [6.07, 6.45) is 0.664. The van der Waals surface area contributed by atoms with E-state index in [0.717, 1.165) is 9.88 Å². The molecule has 0 aliphatic rings. The number of nitrogens with zero attached hydrogens (tertiary/aromatic N) is 1. The molecule has 1 atom stereocenters. The van der Waals surface area contributed by atoms with Crippen molar-refractivity contribution in [2.75, 3.05) is 6.61 Å². The van der Waals surface area contributed by atoms with Gasteiger partial charge < -0.3 is 10.4 Å². The van der Waals surface area contributed by atoms with Gasteiger partial charge in [-0.15, -0.1) is 22.7 Å². The van der Waals surface area contributed by atoms with Gasteiger partial charge in [-0.2, -0.15) is 0 Å². The second-order valence-corrected chi connectivity index (χ2v) is 6.35. The molecule has 0 radical (unpaired) electrons. The van der Waals surface area contributed by atoms with Crippen LogP contribution in [0.1, 0.15) is 30.8 Å². The highest BCUT2D eigenvalue weighted by Crippen LogP contribution is 2.27. The van der Waals surface area contributed by atoms with Crippen molar-refractivity contribution in [1.29, 1.82) is 0 Å². The van der Waals surface area contributed by atoms with Crippen molar-refractivity contribution in [3.8, 4) is 9.88 Å². The molecule has 0 saturated heterocycles. The Morgan fingerprint density at radius 2 is 2.32 bits per heavy atom. The lowest BCUT2D eigenvalue weighted by molar-refractivity contribution is 0.0843.